The first-order chi connectivity index (χ1) is 12.8. The second-order valence-electron chi connectivity index (χ2n) is 7.99. The van der Waals surface area contributed by atoms with Crippen LogP contribution in [0.25, 0.3) is 0 Å². The van der Waals surface area contributed by atoms with E-state index in [-0.39, 0.29) is 17.2 Å². The minimum absolute atomic E-state index is 0.111. The Labute approximate surface area is 160 Å². The number of carbonyl (C=O) groups is 2. The van der Waals surface area contributed by atoms with E-state index < -0.39 is 5.41 Å². The average molecular weight is 366 g/mol. The van der Waals surface area contributed by atoms with E-state index in [0.29, 0.717) is 24.3 Å². The summed E-state index contributed by atoms with van der Waals surface area (Å²) in [4.78, 5) is 25.8. The van der Waals surface area contributed by atoms with Gasteiger partial charge < -0.3 is 15.4 Å². The molecule has 27 heavy (non-hydrogen) atoms. The number of rotatable bonds is 5. The van der Waals surface area contributed by atoms with Gasteiger partial charge in [-0.15, -0.1) is 0 Å². The number of hydrogen-bond donors (Lipinski definition) is 2. The second-order valence-corrected chi connectivity index (χ2v) is 7.99. The van der Waals surface area contributed by atoms with E-state index in [9.17, 15) is 9.59 Å². The molecule has 2 aromatic rings. The van der Waals surface area contributed by atoms with Crippen LogP contribution in [-0.4, -0.2) is 18.9 Å². The minimum atomic E-state index is -1.02. The van der Waals surface area contributed by atoms with Crippen LogP contribution >= 0.6 is 0 Å². The number of amides is 2. The van der Waals surface area contributed by atoms with E-state index >= 15 is 0 Å². The van der Waals surface area contributed by atoms with Gasteiger partial charge in [-0.1, -0.05) is 51.1 Å². The van der Waals surface area contributed by atoms with E-state index in [2.05, 4.69) is 31.4 Å². The number of methoxy groups -OCH3 is 1. The standard InChI is InChI=1S/C22H26N2O3/c1-21(2,3)15-9-5-6-10-16(15)23-19(25)22(13-14-22)20(26)24-17-11-7-8-12-18(17)27-4/h5-12H,13-14H2,1-4H3,(H,23,25)(H,24,26). The molecule has 1 saturated carbocycles. The second kappa shape index (κ2) is 7.06. The van der Waals surface area contributed by atoms with Crippen LogP contribution in [-0.2, 0) is 15.0 Å². The van der Waals surface area contributed by atoms with Crippen molar-refractivity contribution in [3.63, 3.8) is 0 Å². The lowest BCUT2D eigenvalue weighted by molar-refractivity contribution is -0.131. The zero-order valence-corrected chi connectivity index (χ0v) is 16.3. The first-order valence-electron chi connectivity index (χ1n) is 9.13. The molecule has 0 radical (unpaired) electrons. The highest BCUT2D eigenvalue weighted by molar-refractivity contribution is 6.17. The van der Waals surface area contributed by atoms with E-state index in [1.54, 1.807) is 19.2 Å². The summed E-state index contributed by atoms with van der Waals surface area (Å²) < 4.78 is 5.27. The summed E-state index contributed by atoms with van der Waals surface area (Å²) in [6.07, 6.45) is 1.08. The van der Waals surface area contributed by atoms with Gasteiger partial charge in [-0.25, -0.2) is 0 Å². The van der Waals surface area contributed by atoms with Crippen LogP contribution in [0.1, 0.15) is 39.2 Å². The molecule has 0 atom stereocenters. The van der Waals surface area contributed by atoms with Crippen LogP contribution in [0.3, 0.4) is 0 Å². The van der Waals surface area contributed by atoms with E-state index in [4.69, 9.17) is 4.74 Å². The summed E-state index contributed by atoms with van der Waals surface area (Å²) in [7, 11) is 1.55. The Morgan fingerprint density at radius 2 is 1.41 bits per heavy atom. The van der Waals surface area contributed by atoms with Gasteiger partial charge in [0.25, 0.3) is 0 Å². The maximum Gasteiger partial charge on any atom is 0.240 e. The van der Waals surface area contributed by atoms with Crippen molar-refractivity contribution in [2.24, 2.45) is 5.41 Å². The lowest BCUT2D eigenvalue weighted by Crippen LogP contribution is -2.36. The topological polar surface area (TPSA) is 67.4 Å². The molecular formula is C22H26N2O3. The zero-order valence-electron chi connectivity index (χ0n) is 16.3. The van der Waals surface area contributed by atoms with Crippen molar-refractivity contribution in [1.82, 2.24) is 0 Å². The van der Waals surface area contributed by atoms with E-state index in [1.807, 2.05) is 36.4 Å². The van der Waals surface area contributed by atoms with Crippen molar-refractivity contribution in [1.29, 1.82) is 0 Å². The predicted molar refractivity (Wildman–Crippen MR) is 107 cm³/mol. The molecule has 5 nitrogen and oxygen atoms in total. The Hall–Kier alpha value is -2.82. The highest BCUT2D eigenvalue weighted by atomic mass is 16.5. The molecule has 0 bridgehead atoms. The van der Waals surface area contributed by atoms with Crippen molar-refractivity contribution in [3.8, 4) is 5.75 Å². The Bertz CT molecular complexity index is 864. The number of carbonyl (C=O) groups excluding carboxylic acids is 2. The SMILES string of the molecule is COc1ccccc1NC(=O)C1(C(=O)Nc2ccccc2C(C)(C)C)CC1. The van der Waals surface area contributed by atoms with Gasteiger partial charge in [-0.05, 0) is 42.0 Å². The van der Waals surface area contributed by atoms with Gasteiger partial charge in [-0.2, -0.15) is 0 Å². The van der Waals surface area contributed by atoms with Gasteiger partial charge in [0.1, 0.15) is 11.2 Å². The first-order valence-corrected chi connectivity index (χ1v) is 9.13. The summed E-state index contributed by atoms with van der Waals surface area (Å²) in [6, 6.07) is 14.9. The third kappa shape index (κ3) is 3.82. The van der Waals surface area contributed by atoms with Crippen molar-refractivity contribution in [2.45, 2.75) is 39.0 Å². The summed E-state index contributed by atoms with van der Waals surface area (Å²) >= 11 is 0. The highest BCUT2D eigenvalue weighted by Gasteiger charge is 2.56. The highest BCUT2D eigenvalue weighted by Crippen LogP contribution is 2.48. The maximum atomic E-state index is 13.0. The lowest BCUT2D eigenvalue weighted by Gasteiger charge is -2.24. The normalized spacial score (nSPS) is 15.0. The summed E-state index contributed by atoms with van der Waals surface area (Å²) in [6.45, 7) is 6.29. The van der Waals surface area contributed by atoms with Crippen LogP contribution in [0.5, 0.6) is 5.75 Å². The molecule has 2 N–H and O–H groups in total. The van der Waals surface area contributed by atoms with Crippen molar-refractivity contribution < 1.29 is 14.3 Å². The average Bonchev–Trinajstić information content (AvgIpc) is 3.44. The van der Waals surface area contributed by atoms with Gasteiger partial charge >= 0.3 is 0 Å². The van der Waals surface area contributed by atoms with Gasteiger partial charge in [-0.3, -0.25) is 9.59 Å². The van der Waals surface area contributed by atoms with Crippen LogP contribution in [0.15, 0.2) is 48.5 Å². The summed E-state index contributed by atoms with van der Waals surface area (Å²) in [5.74, 6) is 0.0180. The number of anilines is 2. The number of nitrogens with one attached hydrogen (secondary N) is 2. The molecule has 3 rings (SSSR count). The van der Waals surface area contributed by atoms with E-state index in [0.717, 1.165) is 11.3 Å². The fraction of sp³-hybridized carbons (Fsp3) is 0.364. The van der Waals surface area contributed by atoms with Gasteiger partial charge in [0.15, 0.2) is 0 Å². The number of benzene rings is 2. The predicted octanol–water partition coefficient (Wildman–Crippen LogP) is 4.35. The maximum absolute atomic E-state index is 13.0. The number of ether oxygens (including phenoxy) is 1. The van der Waals surface area contributed by atoms with Crippen molar-refractivity contribution in [2.75, 3.05) is 17.7 Å². The van der Waals surface area contributed by atoms with Gasteiger partial charge in [0.05, 0.1) is 12.8 Å². The molecular weight excluding hydrogens is 340 g/mol. The molecule has 0 saturated heterocycles. The molecule has 1 aliphatic rings. The molecule has 2 aromatic carbocycles. The van der Waals surface area contributed by atoms with Crippen molar-refractivity contribution >= 4 is 23.2 Å². The molecule has 5 heteroatoms. The Kier molecular flexibility index (Phi) is 4.96. The first kappa shape index (κ1) is 19.0. The molecule has 1 fully saturated rings. The molecule has 2 amide bonds. The third-order valence-electron chi connectivity index (χ3n) is 4.96. The third-order valence-corrected chi connectivity index (χ3v) is 4.96. The van der Waals surface area contributed by atoms with Gasteiger partial charge in [0, 0.05) is 5.69 Å². The van der Waals surface area contributed by atoms with Crippen LogP contribution in [0.2, 0.25) is 0 Å². The molecule has 142 valence electrons. The van der Waals surface area contributed by atoms with E-state index in [1.165, 1.54) is 0 Å². The lowest BCUT2D eigenvalue weighted by atomic mass is 9.85. The molecule has 1 aliphatic carbocycles. The molecule has 0 aromatic heterocycles. The fourth-order valence-electron chi connectivity index (χ4n) is 3.16. The summed E-state index contributed by atoms with van der Waals surface area (Å²) in [5, 5.41) is 5.84. The zero-order chi connectivity index (χ0) is 19.7. The Balaban J connectivity index is 1.78. The monoisotopic (exact) mass is 366 g/mol. The van der Waals surface area contributed by atoms with Crippen LogP contribution in [0, 0.1) is 5.41 Å². The van der Waals surface area contributed by atoms with Crippen LogP contribution in [0.4, 0.5) is 11.4 Å². The molecule has 0 aliphatic heterocycles. The number of hydrogen-bond acceptors (Lipinski definition) is 3. The minimum Gasteiger partial charge on any atom is -0.495 e. The molecule has 0 spiro atoms. The van der Waals surface area contributed by atoms with Gasteiger partial charge in [0.2, 0.25) is 11.8 Å². The fourth-order valence-corrected chi connectivity index (χ4v) is 3.16. The summed E-state index contributed by atoms with van der Waals surface area (Å²) in [5.41, 5.74) is 1.23. The molecule has 0 heterocycles. The quantitative estimate of drug-likeness (QED) is 0.773. The Morgan fingerprint density at radius 1 is 0.889 bits per heavy atom. The van der Waals surface area contributed by atoms with Crippen LogP contribution < -0.4 is 15.4 Å². The number of para-hydroxylation sites is 3. The Morgan fingerprint density at radius 3 is 1.96 bits per heavy atom. The van der Waals surface area contributed by atoms with Crippen molar-refractivity contribution in [3.05, 3.63) is 54.1 Å². The smallest absolute Gasteiger partial charge is 0.240 e. The largest absolute Gasteiger partial charge is 0.495 e. The molecule has 0 unspecified atom stereocenters.